The van der Waals surface area contributed by atoms with Crippen LogP contribution < -0.4 is 35.1 Å². The second kappa shape index (κ2) is 26.0. The minimum atomic E-state index is -4.13. The summed E-state index contributed by atoms with van der Waals surface area (Å²) in [7, 11) is -6.81. The van der Waals surface area contributed by atoms with E-state index >= 15 is 0 Å². The van der Waals surface area contributed by atoms with Crippen molar-refractivity contribution in [3.05, 3.63) is 159 Å². The highest BCUT2D eigenvalue weighted by Crippen LogP contribution is 2.33. The molecular weight excluding hydrogens is 1050 g/mol. The van der Waals surface area contributed by atoms with Crippen molar-refractivity contribution in [3.8, 4) is 52.7 Å². The molecule has 0 unspecified atom stereocenters. The zero-order valence-corrected chi connectivity index (χ0v) is 41.3. The van der Waals surface area contributed by atoms with Crippen LogP contribution in [0.15, 0.2) is 142 Å². The van der Waals surface area contributed by atoms with Crippen LogP contribution in [-0.4, -0.2) is 68.4 Å². The van der Waals surface area contributed by atoms with Crippen LogP contribution in [0.3, 0.4) is 0 Å². The van der Waals surface area contributed by atoms with Gasteiger partial charge < -0.3 is 30.8 Å². The van der Waals surface area contributed by atoms with Gasteiger partial charge in [0.2, 0.25) is 20.0 Å². The summed E-state index contributed by atoms with van der Waals surface area (Å²) in [6, 6.07) is 35.9. The number of aliphatic hydroxyl groups excluding tert-OH is 1. The smallest absolute Gasteiger partial charge is 0.261 e. The Morgan fingerprint density at radius 2 is 0.814 bits per heavy atom. The third kappa shape index (κ3) is 16.4. The van der Waals surface area contributed by atoms with Crippen LogP contribution in [0.5, 0.6) is 34.5 Å². The van der Waals surface area contributed by atoms with Gasteiger partial charge in [-0.2, -0.15) is 15.8 Å². The van der Waals surface area contributed by atoms with Crippen molar-refractivity contribution < 1.29 is 49.4 Å². The highest BCUT2D eigenvalue weighted by Gasteiger charge is 2.20. The first-order chi connectivity index (χ1) is 33.2. The van der Waals surface area contributed by atoms with E-state index in [4.69, 9.17) is 81.5 Å². The summed E-state index contributed by atoms with van der Waals surface area (Å²) in [6.45, 7) is -0.831. The molecule has 0 aliphatic heterocycles. The van der Waals surface area contributed by atoms with Gasteiger partial charge in [-0.15, -0.1) is 0 Å². The largest absolute Gasteiger partial charge is 0.456 e. The maximum atomic E-state index is 12.7. The van der Waals surface area contributed by atoms with Crippen molar-refractivity contribution in [2.24, 2.45) is 11.5 Å². The molecule has 0 bridgehead atoms. The Hall–Kier alpha value is -6.33. The average molecular weight is 1090 g/mol. The topological polar surface area (TPSA) is 315 Å². The maximum Gasteiger partial charge on any atom is 0.261 e. The molecule has 0 aliphatic rings. The third-order valence-electron chi connectivity index (χ3n) is 8.78. The average Bonchev–Trinajstić information content (AvgIpc) is 3.33. The van der Waals surface area contributed by atoms with Crippen molar-refractivity contribution in [1.29, 1.82) is 15.8 Å². The lowest BCUT2D eigenvalue weighted by atomic mass is 10.2. The van der Waals surface area contributed by atoms with E-state index < -0.39 is 54.1 Å². The van der Waals surface area contributed by atoms with Crippen molar-refractivity contribution in [3.63, 3.8) is 0 Å². The number of benzene rings is 6. The summed E-state index contributed by atoms with van der Waals surface area (Å²) < 4.78 is 93.9. The van der Waals surface area contributed by atoms with Crippen LogP contribution in [0.1, 0.15) is 16.7 Å². The first-order valence-corrected chi connectivity index (χ1v) is 26.0. The van der Waals surface area contributed by atoms with Gasteiger partial charge in [-0.3, -0.25) is 4.79 Å². The van der Waals surface area contributed by atoms with Gasteiger partial charge in [0.05, 0.1) is 48.9 Å². The summed E-state index contributed by atoms with van der Waals surface area (Å²) in [6.07, 6.45) is -0.509. The number of ketones is 1. The van der Waals surface area contributed by atoms with Crippen LogP contribution >= 0.6 is 45.5 Å². The summed E-state index contributed by atoms with van der Waals surface area (Å²) in [5.41, 5.74) is 10.4. The van der Waals surface area contributed by atoms with Crippen LogP contribution in [-0.2, 0) is 33.9 Å². The molecule has 0 amide bonds. The van der Waals surface area contributed by atoms with Gasteiger partial charge in [-0.1, -0.05) is 53.0 Å². The Morgan fingerprint density at radius 1 is 0.529 bits per heavy atom. The highest BCUT2D eigenvalue weighted by molar-refractivity contribution is 8.13. The summed E-state index contributed by atoms with van der Waals surface area (Å²) in [5.74, 6) is 0.783. The van der Waals surface area contributed by atoms with Crippen LogP contribution in [0.2, 0.25) is 15.1 Å². The van der Waals surface area contributed by atoms with Gasteiger partial charge >= 0.3 is 0 Å². The van der Waals surface area contributed by atoms with Gasteiger partial charge in [-0.25, -0.2) is 34.7 Å². The normalized spacial score (nSPS) is 11.0. The Kier molecular flexibility index (Phi) is 20.9. The number of aliphatic hydroxyl groups is 1. The van der Waals surface area contributed by atoms with E-state index in [0.29, 0.717) is 11.5 Å². The number of carbonyl (C=O) groups is 1. The molecule has 0 saturated carbocycles. The summed E-state index contributed by atoms with van der Waals surface area (Å²) >= 11 is 17.9. The fourth-order valence-corrected chi connectivity index (χ4v) is 8.61. The maximum absolute atomic E-state index is 12.7. The van der Waals surface area contributed by atoms with Gasteiger partial charge in [-0.05, 0) is 109 Å². The molecule has 0 saturated heterocycles. The first-order valence-electron chi connectivity index (χ1n) is 19.6. The highest BCUT2D eigenvalue weighted by atomic mass is 35.7. The molecule has 6 rings (SSSR count). The molecule has 0 aromatic heterocycles. The quantitative estimate of drug-likeness (QED) is 0.0558. The van der Waals surface area contributed by atoms with E-state index in [-0.39, 0.29) is 82.5 Å². The Bertz CT molecular complexity index is 3130. The molecule has 0 atom stereocenters. The number of nitrogens with one attached hydrogen (secondary N) is 2. The minimum absolute atomic E-state index is 0.0295. The molecule has 6 aromatic rings. The summed E-state index contributed by atoms with van der Waals surface area (Å²) in [5, 5.41) is 36.7. The van der Waals surface area contributed by atoms with Crippen molar-refractivity contribution in [1.82, 2.24) is 9.44 Å². The Balaban J connectivity index is 0.000000337. The Labute approximate surface area is 422 Å². The molecule has 0 aliphatic carbocycles. The van der Waals surface area contributed by atoms with Gasteiger partial charge in [0.15, 0.2) is 5.78 Å². The number of nitriles is 3. The van der Waals surface area contributed by atoms with E-state index in [1.54, 1.807) is 30.3 Å². The van der Waals surface area contributed by atoms with Gasteiger partial charge in [0.25, 0.3) is 9.05 Å². The lowest BCUT2D eigenvalue weighted by Crippen LogP contribution is -2.36. The second-order valence-electron chi connectivity index (χ2n) is 13.6. The van der Waals surface area contributed by atoms with E-state index in [9.17, 15) is 40.6 Å². The molecule has 0 heterocycles. The Morgan fingerprint density at radius 3 is 1.06 bits per heavy atom. The van der Waals surface area contributed by atoms with E-state index in [1.807, 2.05) is 18.2 Å². The molecular formula is C45H37Cl4N7O11S3. The number of sulfonamides is 2. The molecule has 25 heteroatoms. The zero-order valence-electron chi connectivity index (χ0n) is 35.8. The number of carbonyl (C=O) groups excluding carboxylic acids is 1. The fourth-order valence-electron chi connectivity index (χ4n) is 5.19. The van der Waals surface area contributed by atoms with E-state index in [2.05, 4.69) is 9.44 Å². The van der Waals surface area contributed by atoms with Crippen molar-refractivity contribution in [2.75, 3.05) is 26.2 Å². The molecule has 7 N–H and O–H groups in total. The number of nitrogens with zero attached hydrogens (tertiary/aromatic N) is 3. The first kappa shape index (κ1) is 56.3. The monoisotopic (exact) mass is 1090 g/mol. The van der Waals surface area contributed by atoms with Crippen LogP contribution in [0.4, 0.5) is 0 Å². The van der Waals surface area contributed by atoms with E-state index in [0.717, 1.165) is 0 Å². The fraction of sp³-hybridized carbons (Fsp3) is 0.111. The van der Waals surface area contributed by atoms with Crippen LogP contribution in [0.25, 0.3) is 0 Å². The molecule has 18 nitrogen and oxygen atoms in total. The lowest BCUT2D eigenvalue weighted by Gasteiger charge is -2.11. The number of ether oxygens (including phenoxy) is 3. The number of hydrogen-bond donors (Lipinski definition) is 5. The number of nitrogens with two attached hydrogens (primary N) is 2. The van der Waals surface area contributed by atoms with Crippen molar-refractivity contribution >= 4 is 80.4 Å². The zero-order chi connectivity index (χ0) is 51.6. The van der Waals surface area contributed by atoms with Gasteiger partial charge in [0, 0.05) is 23.8 Å². The standard InChI is InChI=1S/C29H20Cl2N4O7S2.C13H7Cl2NO3S.C3H10N2O/c30-26-3-1-5-28(24(26)15-32)41-20-7-11-22(12-8-20)43(37,38)34-17-19(36)18-35-44(39,40)23-13-9-21(10-14-23)42-29-6-2-4-27(31)25(29)16-33;14-12-2-1-3-13(11(12)8-16)19-9-4-6-10(7-5-9)20(15,17)18;4-1-3(6)2-5/h1-14,34-35H,17-18H2;1-7H;3,6H,1-2,4-5H2. The molecule has 0 fully saturated rings. The minimum Gasteiger partial charge on any atom is -0.456 e. The molecule has 364 valence electrons. The predicted octanol–water partition coefficient (Wildman–Crippen LogP) is 7.34. The van der Waals surface area contributed by atoms with E-state index in [1.165, 1.54) is 97.1 Å². The number of rotatable bonds is 17. The van der Waals surface area contributed by atoms with Crippen LogP contribution in [0, 0.1) is 34.0 Å². The molecule has 70 heavy (non-hydrogen) atoms. The van der Waals surface area contributed by atoms with Crippen molar-refractivity contribution in [2.45, 2.75) is 20.8 Å². The molecule has 0 radical (unpaired) electrons. The predicted molar refractivity (Wildman–Crippen MR) is 261 cm³/mol. The van der Waals surface area contributed by atoms with Gasteiger partial charge in [0.1, 0.15) is 69.4 Å². The number of Topliss-reactive ketones (excluding diaryl/α,β-unsaturated/α-hetero) is 1. The lowest BCUT2D eigenvalue weighted by molar-refractivity contribution is -0.116. The second-order valence-corrected chi connectivity index (χ2v) is 21.0. The summed E-state index contributed by atoms with van der Waals surface area (Å²) in [4.78, 5) is 11.9. The number of halogens is 4. The molecule has 0 spiro atoms. The number of hydrogen-bond acceptors (Lipinski definition) is 16. The third-order valence-corrected chi connectivity index (χ3v) is 13.9. The SMILES string of the molecule is N#Cc1c(Cl)cccc1Oc1ccc(S(=O)(=O)Cl)cc1.N#Cc1c(Cl)cccc1Oc1ccc(S(=O)(=O)NCC(=O)CNS(=O)(=O)c2ccc(Oc3cccc(Cl)c3C#N)cc2)cc1.NCC(O)CN. The molecule has 6 aromatic carbocycles.